The molecule has 0 bridgehead atoms. The molecule has 1 atom stereocenters. The van der Waals surface area contributed by atoms with Crippen LogP contribution in [0.4, 0.5) is 0 Å². The molecular weight excluding hydrogens is 400 g/mol. The largest absolute Gasteiger partial charge is 0.408 e. The monoisotopic (exact) mass is 432 g/mol. The molecule has 1 aromatic rings. The predicted octanol–water partition coefficient (Wildman–Crippen LogP) is 3.58. The van der Waals surface area contributed by atoms with E-state index < -0.39 is 6.04 Å². The number of hydrogen-bond donors (Lipinski definition) is 1. The molecule has 1 heterocycles. The van der Waals surface area contributed by atoms with Gasteiger partial charge >= 0.3 is 0 Å². The van der Waals surface area contributed by atoms with Crippen LogP contribution in [0.15, 0.2) is 9.64 Å². The number of hydrogen-bond acceptors (Lipinski definition) is 7. The van der Waals surface area contributed by atoms with E-state index in [-0.39, 0.29) is 36.0 Å². The second-order valence-corrected chi connectivity index (χ2v) is 8.42. The summed E-state index contributed by atoms with van der Waals surface area (Å²) < 4.78 is 5.59. The molecular formula is C19H33ClN4O3S. The molecule has 0 unspecified atom stereocenters. The van der Waals surface area contributed by atoms with Gasteiger partial charge in [0, 0.05) is 18.3 Å². The zero-order valence-electron chi connectivity index (χ0n) is 17.1. The van der Waals surface area contributed by atoms with Crippen molar-refractivity contribution in [2.45, 2.75) is 76.6 Å². The molecule has 1 aliphatic rings. The molecule has 9 heteroatoms. The summed E-state index contributed by atoms with van der Waals surface area (Å²) in [5.41, 5.74) is 0. The topological polar surface area (TPSA) is 88.3 Å². The highest BCUT2D eigenvalue weighted by atomic mass is 35.5. The fourth-order valence-electron chi connectivity index (χ4n) is 3.55. The van der Waals surface area contributed by atoms with Gasteiger partial charge in [-0.05, 0) is 31.7 Å². The Labute approximate surface area is 178 Å². The van der Waals surface area contributed by atoms with Gasteiger partial charge < -0.3 is 14.6 Å². The van der Waals surface area contributed by atoms with Crippen molar-refractivity contribution in [2.24, 2.45) is 5.92 Å². The number of Topliss-reactive ketones (excluding diaryl/α,β-unsaturated/α-hetero) is 1. The first-order valence-corrected chi connectivity index (χ1v) is 11.0. The minimum Gasteiger partial charge on any atom is -0.408 e. The Morgan fingerprint density at radius 1 is 1.29 bits per heavy atom. The van der Waals surface area contributed by atoms with Crippen molar-refractivity contribution < 1.29 is 14.0 Å². The number of nitrogens with zero attached hydrogens (tertiary/aromatic N) is 3. The number of rotatable bonds is 12. The predicted molar refractivity (Wildman–Crippen MR) is 113 cm³/mol. The molecule has 0 spiro atoms. The van der Waals surface area contributed by atoms with E-state index >= 15 is 0 Å². The van der Waals surface area contributed by atoms with Crippen molar-refractivity contribution >= 4 is 36.4 Å². The minimum absolute atomic E-state index is 0. The highest BCUT2D eigenvalue weighted by molar-refractivity contribution is 7.99. The van der Waals surface area contributed by atoms with E-state index in [1.54, 1.807) is 4.90 Å². The molecule has 0 aliphatic heterocycles. The van der Waals surface area contributed by atoms with Crippen LogP contribution in [0.25, 0.3) is 0 Å². The first kappa shape index (κ1) is 24.9. The van der Waals surface area contributed by atoms with E-state index in [9.17, 15) is 9.59 Å². The van der Waals surface area contributed by atoms with Crippen molar-refractivity contribution in [3.05, 3.63) is 5.89 Å². The molecule has 2 rings (SSSR count). The van der Waals surface area contributed by atoms with Crippen LogP contribution < -0.4 is 5.32 Å². The smallest absolute Gasteiger partial charge is 0.286 e. The summed E-state index contributed by atoms with van der Waals surface area (Å²) in [6.45, 7) is 7.85. The minimum atomic E-state index is -0.560. The Kier molecular flexibility index (Phi) is 11.7. The Bertz CT molecular complexity index is 593. The molecule has 1 fully saturated rings. The van der Waals surface area contributed by atoms with Crippen LogP contribution in [-0.4, -0.2) is 58.2 Å². The van der Waals surface area contributed by atoms with Gasteiger partial charge in [0.2, 0.25) is 12.2 Å². The third-order valence-electron chi connectivity index (χ3n) is 4.89. The van der Waals surface area contributed by atoms with E-state index in [4.69, 9.17) is 4.42 Å². The first-order valence-electron chi connectivity index (χ1n) is 10.0. The van der Waals surface area contributed by atoms with E-state index in [0.29, 0.717) is 5.22 Å². The van der Waals surface area contributed by atoms with Crippen LogP contribution in [0.3, 0.4) is 0 Å². The lowest BCUT2D eigenvalue weighted by Gasteiger charge is -2.37. The second-order valence-electron chi connectivity index (χ2n) is 7.37. The third-order valence-corrected chi connectivity index (χ3v) is 5.71. The molecule has 1 N–H and O–H groups in total. The van der Waals surface area contributed by atoms with Crippen molar-refractivity contribution in [1.29, 1.82) is 0 Å². The highest BCUT2D eigenvalue weighted by Gasteiger charge is 2.36. The molecule has 1 aromatic heterocycles. The van der Waals surface area contributed by atoms with Gasteiger partial charge in [-0.1, -0.05) is 51.8 Å². The number of halogens is 1. The Morgan fingerprint density at radius 3 is 2.61 bits per heavy atom. The fourth-order valence-corrected chi connectivity index (χ4v) is 4.20. The van der Waals surface area contributed by atoms with Crippen molar-refractivity contribution in [1.82, 2.24) is 20.4 Å². The van der Waals surface area contributed by atoms with Crippen LogP contribution in [0, 0.1) is 5.92 Å². The van der Waals surface area contributed by atoms with E-state index in [1.165, 1.54) is 18.2 Å². The Morgan fingerprint density at radius 2 is 2.00 bits per heavy atom. The lowest BCUT2D eigenvalue weighted by atomic mass is 9.90. The van der Waals surface area contributed by atoms with Gasteiger partial charge in [-0.25, -0.2) is 0 Å². The quantitative estimate of drug-likeness (QED) is 0.233. The lowest BCUT2D eigenvalue weighted by Crippen LogP contribution is -2.50. The van der Waals surface area contributed by atoms with Gasteiger partial charge in [-0.2, -0.15) is 0 Å². The normalized spacial score (nSPS) is 15.9. The SMILES string of the molecule is CCCNCCSc1nnc(C(=O)[C@H](C(C)C)N(C=O)C2CCCCC2)o1.Cl. The van der Waals surface area contributed by atoms with Crippen LogP contribution in [-0.2, 0) is 4.79 Å². The summed E-state index contributed by atoms with van der Waals surface area (Å²) >= 11 is 1.43. The number of aromatic nitrogens is 2. The summed E-state index contributed by atoms with van der Waals surface area (Å²) in [5.74, 6) is 0.517. The number of carbonyl (C=O) groups is 2. The Hall–Kier alpha value is -1.12. The number of carbonyl (C=O) groups excluding carboxylic acids is 2. The van der Waals surface area contributed by atoms with Crippen molar-refractivity contribution in [2.75, 3.05) is 18.8 Å². The number of nitrogens with one attached hydrogen (secondary N) is 1. The van der Waals surface area contributed by atoms with E-state index in [0.717, 1.165) is 57.4 Å². The summed E-state index contributed by atoms with van der Waals surface area (Å²) in [7, 11) is 0. The molecule has 7 nitrogen and oxygen atoms in total. The van der Waals surface area contributed by atoms with Crippen molar-refractivity contribution in [3.63, 3.8) is 0 Å². The maximum atomic E-state index is 13.0. The number of amides is 1. The molecule has 0 saturated heterocycles. The van der Waals surface area contributed by atoms with Gasteiger partial charge in [-0.3, -0.25) is 9.59 Å². The number of thioether (sulfide) groups is 1. The average molecular weight is 433 g/mol. The standard InChI is InChI=1S/C19H32N4O3S.ClH/c1-4-10-20-11-12-27-19-22-21-18(26-19)17(25)16(14(2)3)23(13-24)15-8-6-5-7-9-15;/h13-16,20H,4-12H2,1-3H3;1H/t16-;/m0./s1. The highest BCUT2D eigenvalue weighted by Crippen LogP contribution is 2.27. The maximum absolute atomic E-state index is 13.0. The molecule has 0 radical (unpaired) electrons. The van der Waals surface area contributed by atoms with Gasteiger partial charge in [0.25, 0.3) is 11.1 Å². The molecule has 1 amide bonds. The van der Waals surface area contributed by atoms with Crippen LogP contribution in [0.2, 0.25) is 0 Å². The molecule has 1 saturated carbocycles. The summed E-state index contributed by atoms with van der Waals surface area (Å²) in [4.78, 5) is 26.5. The van der Waals surface area contributed by atoms with Gasteiger partial charge in [0.05, 0.1) is 0 Å². The lowest BCUT2D eigenvalue weighted by molar-refractivity contribution is -0.123. The number of ketones is 1. The Balaban J connectivity index is 0.00000392. The van der Waals surface area contributed by atoms with Gasteiger partial charge in [-0.15, -0.1) is 22.6 Å². The van der Waals surface area contributed by atoms with E-state index in [2.05, 4.69) is 22.4 Å². The zero-order valence-corrected chi connectivity index (χ0v) is 18.7. The van der Waals surface area contributed by atoms with Crippen LogP contribution in [0.5, 0.6) is 0 Å². The van der Waals surface area contributed by atoms with Crippen molar-refractivity contribution in [3.8, 4) is 0 Å². The van der Waals surface area contributed by atoms with E-state index in [1.807, 2.05) is 13.8 Å². The zero-order chi connectivity index (χ0) is 19.6. The first-order chi connectivity index (χ1) is 13.1. The average Bonchev–Trinajstić information content (AvgIpc) is 3.14. The summed E-state index contributed by atoms with van der Waals surface area (Å²) in [6, 6.07) is -0.441. The van der Waals surface area contributed by atoms with Crippen LogP contribution >= 0.6 is 24.2 Å². The molecule has 0 aromatic carbocycles. The summed E-state index contributed by atoms with van der Waals surface area (Å²) in [6.07, 6.45) is 7.21. The fraction of sp³-hybridized carbons (Fsp3) is 0.789. The molecule has 28 heavy (non-hydrogen) atoms. The second kappa shape index (κ2) is 13.2. The molecule has 160 valence electrons. The summed E-state index contributed by atoms with van der Waals surface area (Å²) in [5, 5.41) is 11.6. The van der Waals surface area contributed by atoms with Crippen LogP contribution in [0.1, 0.15) is 70.0 Å². The molecule has 1 aliphatic carbocycles. The third kappa shape index (κ3) is 7.04. The van der Waals surface area contributed by atoms with Gasteiger partial charge in [0.15, 0.2) is 0 Å². The maximum Gasteiger partial charge on any atom is 0.286 e. The van der Waals surface area contributed by atoms with Gasteiger partial charge in [0.1, 0.15) is 6.04 Å².